The first-order valence-electron chi connectivity index (χ1n) is 4.62. The number of carbonyl (C=O) groups is 2. The van der Waals surface area contributed by atoms with Crippen molar-refractivity contribution in [1.29, 1.82) is 0 Å². The quantitative estimate of drug-likeness (QED) is 0.568. The minimum Gasteiger partial charge on any atom is -0.326 e. The molecule has 2 amide bonds. The molecule has 2 aliphatic rings. The van der Waals surface area contributed by atoms with Gasteiger partial charge in [-0.15, -0.1) is 0 Å². The average molecular weight is 182 g/mol. The van der Waals surface area contributed by atoms with Gasteiger partial charge in [-0.1, -0.05) is 6.92 Å². The maximum atomic E-state index is 11.7. The largest absolute Gasteiger partial charge is 0.326 e. The van der Waals surface area contributed by atoms with Crippen LogP contribution in [-0.2, 0) is 9.59 Å². The fraction of sp³-hybridized carbons (Fsp3) is 0.778. The summed E-state index contributed by atoms with van der Waals surface area (Å²) in [6.45, 7) is 2.82. The van der Waals surface area contributed by atoms with Crippen LogP contribution in [-0.4, -0.2) is 41.9 Å². The Morgan fingerprint density at radius 3 is 2.54 bits per heavy atom. The van der Waals surface area contributed by atoms with Gasteiger partial charge in [-0.25, -0.2) is 0 Å². The molecule has 2 rings (SSSR count). The summed E-state index contributed by atoms with van der Waals surface area (Å²) in [4.78, 5) is 26.0. The van der Waals surface area contributed by atoms with E-state index < -0.39 is 0 Å². The molecular weight excluding hydrogens is 168 g/mol. The van der Waals surface area contributed by atoms with Crippen molar-refractivity contribution < 1.29 is 9.59 Å². The molecule has 13 heavy (non-hydrogen) atoms. The number of rotatable bonds is 1. The maximum absolute atomic E-state index is 11.7. The minimum atomic E-state index is 0.0432. The Balaban J connectivity index is 1.96. The molecule has 0 spiro atoms. The van der Waals surface area contributed by atoms with Crippen LogP contribution in [0.2, 0.25) is 0 Å². The highest BCUT2D eigenvalue weighted by atomic mass is 16.2. The molecule has 0 unspecified atom stereocenters. The van der Waals surface area contributed by atoms with Crippen molar-refractivity contribution >= 4 is 11.8 Å². The zero-order chi connectivity index (χ0) is 9.59. The van der Waals surface area contributed by atoms with E-state index in [1.54, 1.807) is 16.8 Å². The van der Waals surface area contributed by atoms with Crippen LogP contribution in [0.25, 0.3) is 0 Å². The number of hydrogen-bond acceptors (Lipinski definition) is 2. The van der Waals surface area contributed by atoms with Gasteiger partial charge in [0.1, 0.15) is 6.54 Å². The summed E-state index contributed by atoms with van der Waals surface area (Å²) < 4.78 is 0. The lowest BCUT2D eigenvalue weighted by atomic mass is 10.3. The molecule has 0 radical (unpaired) electrons. The summed E-state index contributed by atoms with van der Waals surface area (Å²) in [5.74, 6) is 0.916. The summed E-state index contributed by atoms with van der Waals surface area (Å²) in [6.07, 6.45) is 0.993. The molecule has 0 aromatic heterocycles. The van der Waals surface area contributed by atoms with Crippen molar-refractivity contribution in [2.75, 3.05) is 20.3 Å². The van der Waals surface area contributed by atoms with Crippen LogP contribution in [0.5, 0.6) is 0 Å². The lowest BCUT2D eigenvalue weighted by Gasteiger charge is -2.14. The summed E-state index contributed by atoms with van der Waals surface area (Å²) in [5.41, 5.74) is 0. The second-order valence-corrected chi connectivity index (χ2v) is 4.09. The van der Waals surface area contributed by atoms with Crippen LogP contribution in [0.1, 0.15) is 13.3 Å². The number of amides is 2. The topological polar surface area (TPSA) is 40.6 Å². The highest BCUT2D eigenvalue weighted by Crippen LogP contribution is 2.39. The van der Waals surface area contributed by atoms with Gasteiger partial charge < -0.3 is 9.80 Å². The van der Waals surface area contributed by atoms with Crippen molar-refractivity contribution in [2.45, 2.75) is 13.3 Å². The Morgan fingerprint density at radius 1 is 1.54 bits per heavy atom. The molecule has 1 saturated carbocycles. The molecule has 0 N–H and O–H groups in total. The smallest absolute Gasteiger partial charge is 0.243 e. The average Bonchev–Trinajstić information content (AvgIpc) is 2.70. The highest BCUT2D eigenvalue weighted by Gasteiger charge is 2.43. The number of carbonyl (C=O) groups excluding carboxylic acids is 2. The number of nitrogens with zero attached hydrogens (tertiary/aromatic N) is 2. The molecule has 0 bridgehead atoms. The zero-order valence-corrected chi connectivity index (χ0v) is 7.99. The second kappa shape index (κ2) is 2.72. The van der Waals surface area contributed by atoms with Crippen LogP contribution >= 0.6 is 0 Å². The van der Waals surface area contributed by atoms with Crippen molar-refractivity contribution in [1.82, 2.24) is 9.80 Å². The molecule has 2 fully saturated rings. The second-order valence-electron chi connectivity index (χ2n) is 4.09. The van der Waals surface area contributed by atoms with E-state index in [9.17, 15) is 9.59 Å². The summed E-state index contributed by atoms with van der Waals surface area (Å²) in [7, 11) is 1.73. The van der Waals surface area contributed by atoms with Crippen LogP contribution in [0, 0.1) is 11.8 Å². The predicted molar refractivity (Wildman–Crippen MR) is 46.6 cm³/mol. The van der Waals surface area contributed by atoms with E-state index >= 15 is 0 Å². The van der Waals surface area contributed by atoms with Crippen molar-refractivity contribution in [3.8, 4) is 0 Å². The molecule has 2 atom stereocenters. The van der Waals surface area contributed by atoms with Gasteiger partial charge in [-0.2, -0.15) is 0 Å². The molecule has 1 aliphatic heterocycles. The highest BCUT2D eigenvalue weighted by molar-refractivity contribution is 5.89. The molecule has 72 valence electrons. The van der Waals surface area contributed by atoms with Gasteiger partial charge >= 0.3 is 0 Å². The molecule has 1 heterocycles. The SMILES string of the molecule is C[C@H]1C[C@@H]1C(=O)N1CC(=O)N(C)C1. The fourth-order valence-electron chi connectivity index (χ4n) is 1.72. The summed E-state index contributed by atoms with van der Waals surface area (Å²) in [5, 5.41) is 0. The van der Waals surface area contributed by atoms with Gasteiger partial charge in [0.05, 0.1) is 6.67 Å². The van der Waals surface area contributed by atoms with Crippen LogP contribution in [0.15, 0.2) is 0 Å². The monoisotopic (exact) mass is 182 g/mol. The van der Waals surface area contributed by atoms with E-state index in [1.165, 1.54) is 0 Å². The van der Waals surface area contributed by atoms with Crippen molar-refractivity contribution in [2.24, 2.45) is 11.8 Å². The van der Waals surface area contributed by atoms with E-state index in [4.69, 9.17) is 0 Å². The predicted octanol–water partition coefficient (Wildman–Crippen LogP) is -0.0995. The normalized spacial score (nSPS) is 32.6. The molecule has 1 aliphatic carbocycles. The van der Waals surface area contributed by atoms with E-state index in [0.29, 0.717) is 12.6 Å². The van der Waals surface area contributed by atoms with Gasteiger partial charge in [0, 0.05) is 13.0 Å². The van der Waals surface area contributed by atoms with E-state index in [0.717, 1.165) is 6.42 Å². The van der Waals surface area contributed by atoms with Gasteiger partial charge in [-0.05, 0) is 12.3 Å². The van der Waals surface area contributed by atoms with Crippen LogP contribution in [0.3, 0.4) is 0 Å². The van der Waals surface area contributed by atoms with E-state index in [2.05, 4.69) is 6.92 Å². The minimum absolute atomic E-state index is 0.0432. The lowest BCUT2D eigenvalue weighted by Crippen LogP contribution is -2.31. The first kappa shape index (κ1) is 8.53. The third-order valence-corrected chi connectivity index (χ3v) is 2.87. The van der Waals surface area contributed by atoms with E-state index in [1.807, 2.05) is 0 Å². The Bertz CT molecular complexity index is 264. The van der Waals surface area contributed by atoms with Crippen molar-refractivity contribution in [3.63, 3.8) is 0 Å². The fourth-order valence-corrected chi connectivity index (χ4v) is 1.72. The van der Waals surface area contributed by atoms with E-state index in [-0.39, 0.29) is 24.3 Å². The standard InChI is InChI=1S/C9H14N2O2/c1-6-3-7(6)9(13)11-4-8(12)10(2)5-11/h6-7H,3-5H2,1-2H3/t6-,7-/m0/s1. The molecule has 4 nitrogen and oxygen atoms in total. The number of likely N-dealkylation sites (N-methyl/N-ethyl adjacent to an activating group) is 1. The Hall–Kier alpha value is -1.06. The van der Waals surface area contributed by atoms with Gasteiger partial charge in [0.2, 0.25) is 11.8 Å². The van der Waals surface area contributed by atoms with Gasteiger partial charge in [0.15, 0.2) is 0 Å². The molecule has 4 heteroatoms. The molecular formula is C9H14N2O2. The maximum Gasteiger partial charge on any atom is 0.243 e. The zero-order valence-electron chi connectivity index (χ0n) is 7.99. The third kappa shape index (κ3) is 1.41. The summed E-state index contributed by atoms with van der Waals surface area (Å²) in [6, 6.07) is 0. The summed E-state index contributed by atoms with van der Waals surface area (Å²) >= 11 is 0. The molecule has 0 aromatic rings. The van der Waals surface area contributed by atoms with Gasteiger partial charge in [0.25, 0.3) is 0 Å². The Kier molecular flexibility index (Phi) is 1.78. The third-order valence-electron chi connectivity index (χ3n) is 2.87. The van der Waals surface area contributed by atoms with Crippen molar-refractivity contribution in [3.05, 3.63) is 0 Å². The lowest BCUT2D eigenvalue weighted by molar-refractivity contribution is -0.133. The van der Waals surface area contributed by atoms with Gasteiger partial charge in [-0.3, -0.25) is 9.59 Å². The Labute approximate surface area is 77.5 Å². The van der Waals surface area contributed by atoms with Crippen LogP contribution in [0.4, 0.5) is 0 Å². The Morgan fingerprint density at radius 2 is 2.15 bits per heavy atom. The first-order valence-corrected chi connectivity index (χ1v) is 4.62. The van der Waals surface area contributed by atoms with Crippen LogP contribution < -0.4 is 0 Å². The molecule has 1 saturated heterocycles. The molecule has 0 aromatic carbocycles. The first-order chi connectivity index (χ1) is 6.09. The number of hydrogen-bond donors (Lipinski definition) is 0.